The second-order valence-electron chi connectivity index (χ2n) is 7.54. The standard InChI is InChI=1S/C21H27FN2O9/c22-14-12-24(21(30)23-20(14)29)17-11-15(33-19(28)8-4-2-6-10-26)16(32-17)13-31-18(27)7-3-1-5-9-25/h9-10,12,15-17H,1-8,11,13H2,(H,23,29,30)/t15?,16-,17-/m0/s1. The SMILES string of the molecule is O=CCCCCC(=O)OC[C@@H]1O[C@H](n2cc(F)c(=O)[nH]c2=O)CC1OC(=O)CCCCC=O. The third kappa shape index (κ3) is 8.37. The van der Waals surface area contributed by atoms with Crippen LogP contribution in [0.4, 0.5) is 4.39 Å². The van der Waals surface area contributed by atoms with Gasteiger partial charge in [0.15, 0.2) is 0 Å². The first-order chi connectivity index (χ1) is 15.8. The first-order valence-electron chi connectivity index (χ1n) is 10.7. The maximum atomic E-state index is 13.7. The number of esters is 2. The molecule has 1 aliphatic rings. The number of halogens is 1. The van der Waals surface area contributed by atoms with Crippen LogP contribution in [0, 0.1) is 5.82 Å². The van der Waals surface area contributed by atoms with E-state index in [1.165, 1.54) is 0 Å². The number of hydrogen-bond donors (Lipinski definition) is 1. The van der Waals surface area contributed by atoms with E-state index >= 15 is 0 Å². The highest BCUT2D eigenvalue weighted by Crippen LogP contribution is 2.30. The van der Waals surface area contributed by atoms with Gasteiger partial charge < -0.3 is 23.8 Å². The lowest BCUT2D eigenvalue weighted by atomic mass is 10.1. The number of nitrogens with one attached hydrogen (secondary N) is 1. The summed E-state index contributed by atoms with van der Waals surface area (Å²) < 4.78 is 30.8. The van der Waals surface area contributed by atoms with Gasteiger partial charge in [-0.05, 0) is 25.7 Å². The molecule has 12 heteroatoms. The molecule has 3 atom stereocenters. The topological polar surface area (TPSA) is 151 Å². The number of aldehydes is 2. The van der Waals surface area contributed by atoms with Crippen LogP contribution in [0.2, 0.25) is 0 Å². The molecule has 0 bridgehead atoms. The zero-order chi connectivity index (χ0) is 24.2. The van der Waals surface area contributed by atoms with Gasteiger partial charge in [-0.2, -0.15) is 4.39 Å². The van der Waals surface area contributed by atoms with Crippen LogP contribution < -0.4 is 11.2 Å². The molecule has 0 radical (unpaired) electrons. The smallest absolute Gasteiger partial charge is 0.330 e. The van der Waals surface area contributed by atoms with Crippen molar-refractivity contribution >= 4 is 24.5 Å². The average molecular weight is 470 g/mol. The monoisotopic (exact) mass is 470 g/mol. The molecule has 0 saturated carbocycles. The molecule has 2 heterocycles. The quantitative estimate of drug-likeness (QED) is 0.238. The van der Waals surface area contributed by atoms with Gasteiger partial charge in [-0.3, -0.25) is 23.9 Å². The molecular weight excluding hydrogens is 443 g/mol. The van der Waals surface area contributed by atoms with Crippen LogP contribution in [0.1, 0.15) is 64.0 Å². The third-order valence-corrected chi connectivity index (χ3v) is 5.01. The Hall–Kier alpha value is -3.15. The minimum absolute atomic E-state index is 0.0347. The van der Waals surface area contributed by atoms with E-state index in [4.69, 9.17) is 14.2 Å². The van der Waals surface area contributed by atoms with Gasteiger partial charge in [-0.25, -0.2) is 4.79 Å². The molecule has 33 heavy (non-hydrogen) atoms. The zero-order valence-corrected chi connectivity index (χ0v) is 18.0. The van der Waals surface area contributed by atoms with Gasteiger partial charge in [0.1, 0.15) is 37.6 Å². The lowest BCUT2D eigenvalue weighted by Gasteiger charge is -2.19. The van der Waals surface area contributed by atoms with Gasteiger partial charge in [-0.15, -0.1) is 0 Å². The van der Waals surface area contributed by atoms with E-state index in [0.29, 0.717) is 44.7 Å². The Morgan fingerprint density at radius 1 is 1.09 bits per heavy atom. The summed E-state index contributed by atoms with van der Waals surface area (Å²) in [6.45, 7) is -0.271. The van der Waals surface area contributed by atoms with Crippen LogP contribution in [0.3, 0.4) is 0 Å². The van der Waals surface area contributed by atoms with Crippen molar-refractivity contribution in [1.82, 2.24) is 9.55 Å². The summed E-state index contributed by atoms with van der Waals surface area (Å²) in [6.07, 6.45) is 2.12. The van der Waals surface area contributed by atoms with Crippen molar-refractivity contribution in [2.24, 2.45) is 0 Å². The predicted molar refractivity (Wildman–Crippen MR) is 110 cm³/mol. The van der Waals surface area contributed by atoms with Crippen molar-refractivity contribution in [2.75, 3.05) is 6.61 Å². The van der Waals surface area contributed by atoms with E-state index in [0.717, 1.165) is 17.1 Å². The minimum Gasteiger partial charge on any atom is -0.463 e. The highest BCUT2D eigenvalue weighted by atomic mass is 19.1. The maximum absolute atomic E-state index is 13.7. The van der Waals surface area contributed by atoms with Gasteiger partial charge in [-0.1, -0.05) is 0 Å². The van der Waals surface area contributed by atoms with Gasteiger partial charge in [0.05, 0.1) is 6.20 Å². The van der Waals surface area contributed by atoms with Crippen molar-refractivity contribution in [3.8, 4) is 0 Å². The van der Waals surface area contributed by atoms with Gasteiger partial charge >= 0.3 is 17.6 Å². The number of unbranched alkanes of at least 4 members (excludes halogenated alkanes) is 4. The fourth-order valence-electron chi connectivity index (χ4n) is 3.29. The summed E-state index contributed by atoms with van der Waals surface area (Å²) in [7, 11) is 0. The molecule has 1 aromatic rings. The predicted octanol–water partition coefficient (Wildman–Crippen LogP) is 0.937. The van der Waals surface area contributed by atoms with Crippen LogP contribution >= 0.6 is 0 Å². The van der Waals surface area contributed by atoms with Crippen molar-refractivity contribution in [3.05, 3.63) is 32.9 Å². The van der Waals surface area contributed by atoms with E-state index in [2.05, 4.69) is 0 Å². The number of aromatic amines is 1. The molecule has 0 aromatic carbocycles. The number of nitrogens with zero attached hydrogens (tertiary/aromatic N) is 1. The molecular formula is C21H27FN2O9. The molecule has 0 aliphatic carbocycles. The first kappa shape index (κ1) is 26.1. The summed E-state index contributed by atoms with van der Waals surface area (Å²) in [6, 6.07) is 0. The van der Waals surface area contributed by atoms with Crippen molar-refractivity contribution in [3.63, 3.8) is 0 Å². The Kier molecular flexibility index (Phi) is 10.6. The zero-order valence-electron chi connectivity index (χ0n) is 18.0. The van der Waals surface area contributed by atoms with E-state index in [1.807, 2.05) is 4.98 Å². The van der Waals surface area contributed by atoms with Crippen LogP contribution in [-0.4, -0.2) is 52.9 Å². The second-order valence-corrected chi connectivity index (χ2v) is 7.54. The lowest BCUT2D eigenvalue weighted by Crippen LogP contribution is -2.34. The third-order valence-electron chi connectivity index (χ3n) is 5.01. The Labute approximate surface area is 188 Å². The van der Waals surface area contributed by atoms with Crippen LogP contribution in [0.25, 0.3) is 0 Å². The van der Waals surface area contributed by atoms with Crippen molar-refractivity contribution < 1.29 is 37.8 Å². The molecule has 1 saturated heterocycles. The number of aromatic nitrogens is 2. The Bertz CT molecular complexity index is 942. The van der Waals surface area contributed by atoms with Crippen LogP contribution in [0.15, 0.2) is 15.8 Å². The molecule has 1 N–H and O–H groups in total. The van der Waals surface area contributed by atoms with E-state index < -0.39 is 47.4 Å². The number of H-pyrrole nitrogens is 1. The van der Waals surface area contributed by atoms with Crippen molar-refractivity contribution in [1.29, 1.82) is 0 Å². The maximum Gasteiger partial charge on any atom is 0.330 e. The summed E-state index contributed by atoms with van der Waals surface area (Å²) in [5, 5.41) is 0. The number of hydrogen-bond acceptors (Lipinski definition) is 9. The molecule has 1 aromatic heterocycles. The normalized spacial score (nSPS) is 19.7. The average Bonchev–Trinajstić information content (AvgIpc) is 3.17. The van der Waals surface area contributed by atoms with Crippen LogP contribution in [0.5, 0.6) is 0 Å². The molecule has 0 spiro atoms. The fraction of sp³-hybridized carbons (Fsp3) is 0.619. The molecule has 2 rings (SSSR count). The largest absolute Gasteiger partial charge is 0.463 e. The van der Waals surface area contributed by atoms with Gasteiger partial charge in [0, 0.05) is 32.1 Å². The highest BCUT2D eigenvalue weighted by Gasteiger charge is 2.40. The first-order valence-corrected chi connectivity index (χ1v) is 10.7. The summed E-state index contributed by atoms with van der Waals surface area (Å²) in [4.78, 5) is 70.0. The highest BCUT2D eigenvalue weighted by molar-refractivity contribution is 5.70. The van der Waals surface area contributed by atoms with Gasteiger partial charge in [0.2, 0.25) is 5.82 Å². The fourth-order valence-corrected chi connectivity index (χ4v) is 3.29. The van der Waals surface area contributed by atoms with E-state index in [1.54, 1.807) is 0 Å². The van der Waals surface area contributed by atoms with Crippen LogP contribution in [-0.2, 0) is 33.4 Å². The van der Waals surface area contributed by atoms with Crippen molar-refractivity contribution in [2.45, 2.75) is 76.2 Å². The molecule has 182 valence electrons. The number of ether oxygens (including phenoxy) is 3. The summed E-state index contributed by atoms with van der Waals surface area (Å²) in [5.74, 6) is -2.27. The lowest BCUT2D eigenvalue weighted by molar-refractivity contribution is -0.158. The minimum atomic E-state index is -1.19. The Morgan fingerprint density at radius 2 is 1.73 bits per heavy atom. The number of carbonyl (C=O) groups is 4. The Morgan fingerprint density at radius 3 is 2.36 bits per heavy atom. The molecule has 1 fully saturated rings. The number of rotatable bonds is 14. The molecule has 1 aliphatic heterocycles. The molecule has 1 unspecified atom stereocenters. The second kappa shape index (κ2) is 13.4. The Balaban J connectivity index is 2.03. The number of carbonyl (C=O) groups excluding carboxylic acids is 4. The summed E-state index contributed by atoms with van der Waals surface area (Å²) in [5.41, 5.74) is -2.08. The molecule has 11 nitrogen and oxygen atoms in total. The van der Waals surface area contributed by atoms with E-state index in [9.17, 15) is 33.2 Å². The van der Waals surface area contributed by atoms with Gasteiger partial charge in [0.25, 0.3) is 5.56 Å². The summed E-state index contributed by atoms with van der Waals surface area (Å²) >= 11 is 0. The molecule has 0 amide bonds. The van der Waals surface area contributed by atoms with E-state index in [-0.39, 0.29) is 25.9 Å².